The van der Waals surface area contributed by atoms with Crippen LogP contribution in [0.15, 0.2) is 47.5 Å². The van der Waals surface area contributed by atoms with Crippen molar-refractivity contribution in [1.82, 2.24) is 9.71 Å². The van der Waals surface area contributed by atoms with E-state index in [1.54, 1.807) is 0 Å². The van der Waals surface area contributed by atoms with Gasteiger partial charge in [-0.1, -0.05) is 0 Å². The smallest absolute Gasteiger partial charge is 0.417 e. The number of halogens is 3. The molecule has 0 unspecified atom stereocenters. The van der Waals surface area contributed by atoms with Gasteiger partial charge in [0.15, 0.2) is 0 Å². The molecule has 0 spiro atoms. The first-order chi connectivity index (χ1) is 10.2. The number of benzene rings is 1. The van der Waals surface area contributed by atoms with Gasteiger partial charge >= 0.3 is 6.18 Å². The van der Waals surface area contributed by atoms with E-state index >= 15 is 0 Å². The Morgan fingerprint density at radius 1 is 1.09 bits per heavy atom. The van der Waals surface area contributed by atoms with Gasteiger partial charge in [-0.25, -0.2) is 18.1 Å². The molecule has 1 heterocycles. The molecule has 2 aromatic rings. The normalized spacial score (nSPS) is 12.2. The van der Waals surface area contributed by atoms with Crippen LogP contribution >= 0.6 is 0 Å². The second-order valence-corrected chi connectivity index (χ2v) is 6.05. The fraction of sp³-hybridized carbons (Fsp3) is 0.154. The van der Waals surface area contributed by atoms with E-state index in [4.69, 9.17) is 4.74 Å². The van der Waals surface area contributed by atoms with E-state index in [0.717, 1.165) is 12.1 Å². The molecule has 2 rings (SSSR count). The lowest BCUT2D eigenvalue weighted by Crippen LogP contribution is -2.18. The highest BCUT2D eigenvalue weighted by molar-refractivity contribution is 7.89. The third kappa shape index (κ3) is 3.74. The third-order valence-corrected chi connectivity index (χ3v) is 4.12. The van der Waals surface area contributed by atoms with Gasteiger partial charge in [0.05, 0.1) is 10.5 Å². The molecule has 0 atom stereocenters. The van der Waals surface area contributed by atoms with E-state index in [1.165, 1.54) is 31.3 Å². The van der Waals surface area contributed by atoms with Crippen molar-refractivity contribution < 1.29 is 26.3 Å². The molecule has 0 amide bonds. The van der Waals surface area contributed by atoms with Gasteiger partial charge in [-0.3, -0.25) is 0 Å². The molecular weight excluding hydrogens is 321 g/mol. The van der Waals surface area contributed by atoms with E-state index in [0.29, 0.717) is 6.20 Å². The summed E-state index contributed by atoms with van der Waals surface area (Å²) in [5.41, 5.74) is -0.879. The van der Waals surface area contributed by atoms with Crippen LogP contribution in [-0.4, -0.2) is 20.4 Å². The Balaban J connectivity index is 2.15. The van der Waals surface area contributed by atoms with E-state index in [1.807, 2.05) is 0 Å². The number of rotatable bonds is 4. The summed E-state index contributed by atoms with van der Waals surface area (Å²) in [6.45, 7) is 0. The highest BCUT2D eigenvalue weighted by Gasteiger charge is 2.30. The van der Waals surface area contributed by atoms with Crippen molar-refractivity contribution in [3.8, 4) is 11.6 Å². The molecule has 0 aliphatic carbocycles. The van der Waals surface area contributed by atoms with Crippen LogP contribution in [0.2, 0.25) is 0 Å². The SMILES string of the molecule is CNS(=O)(=O)c1ccc(Oc2ccc(C(F)(F)F)cn2)cc1. The summed E-state index contributed by atoms with van der Waals surface area (Å²) in [4.78, 5) is 3.60. The summed E-state index contributed by atoms with van der Waals surface area (Å²) in [6.07, 6.45) is -3.80. The molecule has 22 heavy (non-hydrogen) atoms. The topological polar surface area (TPSA) is 68.3 Å². The molecule has 0 saturated carbocycles. The Kier molecular flexibility index (Phi) is 4.38. The van der Waals surface area contributed by atoms with Crippen LogP contribution in [0, 0.1) is 0 Å². The van der Waals surface area contributed by atoms with E-state index in [9.17, 15) is 21.6 Å². The van der Waals surface area contributed by atoms with Gasteiger partial charge in [-0.15, -0.1) is 0 Å². The minimum atomic E-state index is -4.46. The molecule has 1 aromatic heterocycles. The lowest BCUT2D eigenvalue weighted by atomic mass is 10.3. The van der Waals surface area contributed by atoms with Crippen molar-refractivity contribution in [2.45, 2.75) is 11.1 Å². The number of pyridine rings is 1. The average Bonchev–Trinajstić information content (AvgIpc) is 2.47. The molecule has 5 nitrogen and oxygen atoms in total. The number of hydrogen-bond donors (Lipinski definition) is 1. The second-order valence-electron chi connectivity index (χ2n) is 4.16. The number of alkyl halides is 3. The molecule has 1 N–H and O–H groups in total. The largest absolute Gasteiger partial charge is 0.439 e. The fourth-order valence-electron chi connectivity index (χ4n) is 1.53. The monoisotopic (exact) mass is 332 g/mol. The first kappa shape index (κ1) is 16.2. The third-order valence-electron chi connectivity index (χ3n) is 2.69. The van der Waals surface area contributed by atoms with Gasteiger partial charge in [0.1, 0.15) is 5.75 Å². The Labute approximate surface area is 124 Å². The van der Waals surface area contributed by atoms with Crippen LogP contribution in [0.5, 0.6) is 11.6 Å². The number of nitrogens with zero attached hydrogens (tertiary/aromatic N) is 1. The number of nitrogens with one attached hydrogen (secondary N) is 1. The van der Waals surface area contributed by atoms with Crippen molar-refractivity contribution in [2.24, 2.45) is 0 Å². The van der Waals surface area contributed by atoms with Gasteiger partial charge in [0, 0.05) is 12.3 Å². The summed E-state index contributed by atoms with van der Waals surface area (Å²) in [5, 5.41) is 0. The van der Waals surface area contributed by atoms with E-state index in [2.05, 4.69) is 9.71 Å². The maximum atomic E-state index is 12.4. The molecular formula is C13H11F3N2O3S. The van der Waals surface area contributed by atoms with E-state index in [-0.39, 0.29) is 16.5 Å². The minimum Gasteiger partial charge on any atom is -0.439 e. The number of sulfonamides is 1. The highest BCUT2D eigenvalue weighted by Crippen LogP contribution is 2.30. The number of hydrogen-bond acceptors (Lipinski definition) is 4. The first-order valence-electron chi connectivity index (χ1n) is 5.97. The maximum Gasteiger partial charge on any atom is 0.417 e. The molecule has 1 aromatic carbocycles. The summed E-state index contributed by atoms with van der Waals surface area (Å²) >= 11 is 0. The van der Waals surface area contributed by atoms with Crippen LogP contribution in [0.1, 0.15) is 5.56 Å². The van der Waals surface area contributed by atoms with Crippen LogP contribution in [-0.2, 0) is 16.2 Å². The van der Waals surface area contributed by atoms with Gasteiger partial charge in [0.2, 0.25) is 15.9 Å². The molecule has 118 valence electrons. The van der Waals surface area contributed by atoms with Crippen LogP contribution in [0.25, 0.3) is 0 Å². The summed E-state index contributed by atoms with van der Waals surface area (Å²) in [6, 6.07) is 7.31. The standard InChI is InChI=1S/C13H11F3N2O3S/c1-17-22(19,20)11-5-3-10(4-6-11)21-12-7-2-9(8-18-12)13(14,15)16/h2-8,17H,1H3. The zero-order chi connectivity index (χ0) is 16.4. The van der Waals surface area contributed by atoms with Gasteiger partial charge in [-0.05, 0) is 37.4 Å². The predicted octanol–water partition coefficient (Wildman–Crippen LogP) is 2.80. The summed E-state index contributed by atoms with van der Waals surface area (Å²) < 4.78 is 67.7. The maximum absolute atomic E-state index is 12.4. The van der Waals surface area contributed by atoms with Crippen molar-refractivity contribution >= 4 is 10.0 Å². The van der Waals surface area contributed by atoms with Crippen LogP contribution in [0.4, 0.5) is 13.2 Å². The fourth-order valence-corrected chi connectivity index (χ4v) is 2.26. The molecule has 0 saturated heterocycles. The first-order valence-corrected chi connectivity index (χ1v) is 7.45. The lowest BCUT2D eigenvalue weighted by molar-refractivity contribution is -0.137. The van der Waals surface area contributed by atoms with Crippen molar-refractivity contribution in [3.63, 3.8) is 0 Å². The van der Waals surface area contributed by atoms with Gasteiger partial charge in [0.25, 0.3) is 0 Å². The van der Waals surface area contributed by atoms with Crippen molar-refractivity contribution in [2.75, 3.05) is 7.05 Å². The molecule has 0 aliphatic rings. The van der Waals surface area contributed by atoms with Gasteiger partial charge in [-0.2, -0.15) is 13.2 Å². The molecule has 0 radical (unpaired) electrons. The molecule has 0 aliphatic heterocycles. The van der Waals surface area contributed by atoms with E-state index < -0.39 is 21.8 Å². The Bertz CT molecular complexity index is 742. The summed E-state index contributed by atoms with van der Waals surface area (Å²) in [7, 11) is -2.27. The van der Waals surface area contributed by atoms with Crippen molar-refractivity contribution in [3.05, 3.63) is 48.2 Å². The zero-order valence-corrected chi connectivity index (χ0v) is 12.1. The summed E-state index contributed by atoms with van der Waals surface area (Å²) in [5.74, 6) is 0.222. The quantitative estimate of drug-likeness (QED) is 0.935. The van der Waals surface area contributed by atoms with Crippen molar-refractivity contribution in [1.29, 1.82) is 0 Å². The predicted molar refractivity (Wildman–Crippen MR) is 72.0 cm³/mol. The zero-order valence-electron chi connectivity index (χ0n) is 11.3. The molecule has 0 bridgehead atoms. The van der Waals surface area contributed by atoms with Crippen LogP contribution in [0.3, 0.4) is 0 Å². The molecule has 0 fully saturated rings. The Morgan fingerprint density at radius 2 is 1.73 bits per heavy atom. The number of ether oxygens (including phenoxy) is 1. The number of aromatic nitrogens is 1. The highest BCUT2D eigenvalue weighted by atomic mass is 32.2. The molecule has 9 heteroatoms. The minimum absolute atomic E-state index is 0.0303. The Hall–Kier alpha value is -2.13. The van der Waals surface area contributed by atoms with Crippen LogP contribution < -0.4 is 9.46 Å². The second kappa shape index (κ2) is 5.93. The van der Waals surface area contributed by atoms with Gasteiger partial charge < -0.3 is 4.74 Å². The lowest BCUT2D eigenvalue weighted by Gasteiger charge is -2.08. The Morgan fingerprint density at radius 3 is 2.18 bits per heavy atom. The average molecular weight is 332 g/mol.